The highest BCUT2D eigenvalue weighted by Gasteiger charge is 2.52. The molecule has 0 aliphatic carbocycles. The summed E-state index contributed by atoms with van der Waals surface area (Å²) < 4.78 is 76.5. The van der Waals surface area contributed by atoms with Crippen molar-refractivity contribution in [3.8, 4) is 11.5 Å². The standard InChI is InChI=1S/C25H28F3N3O8S/c26-25(27,28)39-20-4-2-18(3-5-20)31-14-13-30(23(31)33)12-1-15-38-19-6-8-21(9-7-19)40(35,36)24(22(32)29-34)10-16-37-17-11-24/h2-9,34H,1,10-17H2,(H,29,32). The molecule has 0 spiro atoms. The number of nitrogens with one attached hydrogen (secondary N) is 1. The van der Waals surface area contributed by atoms with Gasteiger partial charge in [-0.15, -0.1) is 13.2 Å². The van der Waals surface area contributed by atoms with Crippen LogP contribution < -0.4 is 19.9 Å². The molecule has 0 unspecified atom stereocenters. The number of amides is 3. The van der Waals surface area contributed by atoms with Crippen LogP contribution in [0.25, 0.3) is 0 Å². The minimum Gasteiger partial charge on any atom is -0.494 e. The van der Waals surface area contributed by atoms with Crippen LogP contribution in [-0.2, 0) is 19.4 Å². The molecule has 2 N–H and O–H groups in total. The molecule has 2 heterocycles. The monoisotopic (exact) mass is 587 g/mol. The van der Waals surface area contributed by atoms with E-state index in [0.29, 0.717) is 37.5 Å². The van der Waals surface area contributed by atoms with Crippen LogP contribution in [0.3, 0.4) is 0 Å². The number of ether oxygens (including phenoxy) is 3. The number of urea groups is 1. The molecular weight excluding hydrogens is 559 g/mol. The lowest BCUT2D eigenvalue weighted by Crippen LogP contribution is -2.54. The Kier molecular flexibility index (Phi) is 8.75. The molecule has 0 bridgehead atoms. The third-order valence-corrected chi connectivity index (χ3v) is 9.30. The third-order valence-electron chi connectivity index (χ3n) is 6.78. The second kappa shape index (κ2) is 11.9. The van der Waals surface area contributed by atoms with Crippen molar-refractivity contribution < 1.29 is 50.6 Å². The first-order valence-electron chi connectivity index (χ1n) is 12.4. The second-order valence-electron chi connectivity index (χ2n) is 9.19. The van der Waals surface area contributed by atoms with Crippen LogP contribution >= 0.6 is 0 Å². The molecule has 4 rings (SSSR count). The molecule has 2 aliphatic rings. The van der Waals surface area contributed by atoms with Crippen molar-refractivity contribution in [1.29, 1.82) is 0 Å². The normalized spacial score (nSPS) is 17.6. The number of sulfone groups is 1. The Morgan fingerprint density at radius 2 is 1.65 bits per heavy atom. The number of nitrogens with zero attached hydrogens (tertiary/aromatic N) is 2. The number of hydrogen-bond acceptors (Lipinski definition) is 8. The minimum atomic E-state index is -4.80. The molecule has 2 saturated heterocycles. The number of rotatable bonds is 10. The summed E-state index contributed by atoms with van der Waals surface area (Å²) in [6.07, 6.45) is -4.51. The van der Waals surface area contributed by atoms with Gasteiger partial charge >= 0.3 is 12.4 Å². The maximum Gasteiger partial charge on any atom is 0.573 e. The molecule has 40 heavy (non-hydrogen) atoms. The molecule has 0 saturated carbocycles. The van der Waals surface area contributed by atoms with Crippen molar-refractivity contribution >= 4 is 27.5 Å². The van der Waals surface area contributed by atoms with E-state index in [2.05, 4.69) is 4.74 Å². The van der Waals surface area contributed by atoms with Crippen LogP contribution in [0.2, 0.25) is 0 Å². The zero-order valence-corrected chi connectivity index (χ0v) is 22.0. The SMILES string of the molecule is O=C1N(CCCOc2ccc(S(=O)(=O)C3(C(=O)NO)CCOCC3)cc2)CCN1c1ccc(OC(F)(F)F)cc1. The van der Waals surface area contributed by atoms with E-state index in [1.54, 1.807) is 4.90 Å². The van der Waals surface area contributed by atoms with E-state index >= 15 is 0 Å². The predicted molar refractivity (Wildman–Crippen MR) is 134 cm³/mol. The minimum absolute atomic E-state index is 0.0638. The largest absolute Gasteiger partial charge is 0.573 e. The van der Waals surface area contributed by atoms with Gasteiger partial charge in [0, 0.05) is 38.5 Å². The first-order valence-corrected chi connectivity index (χ1v) is 13.9. The van der Waals surface area contributed by atoms with E-state index in [0.717, 1.165) is 12.1 Å². The third kappa shape index (κ3) is 6.26. The Bertz CT molecular complexity index is 1300. The van der Waals surface area contributed by atoms with E-state index < -0.39 is 26.9 Å². The van der Waals surface area contributed by atoms with Crippen molar-refractivity contribution in [3.05, 3.63) is 48.5 Å². The number of anilines is 1. The first kappa shape index (κ1) is 29.4. The van der Waals surface area contributed by atoms with Gasteiger partial charge in [0.05, 0.1) is 11.5 Å². The van der Waals surface area contributed by atoms with Crippen LogP contribution in [0.15, 0.2) is 53.4 Å². The molecule has 0 radical (unpaired) electrons. The maximum atomic E-state index is 13.3. The quantitative estimate of drug-likeness (QED) is 0.246. The molecule has 2 aromatic carbocycles. The molecule has 2 fully saturated rings. The molecule has 15 heteroatoms. The Labute approximate surface area is 228 Å². The Hall–Kier alpha value is -3.56. The lowest BCUT2D eigenvalue weighted by Gasteiger charge is -2.34. The summed E-state index contributed by atoms with van der Waals surface area (Å²) in [6.45, 7) is 1.53. The molecule has 218 valence electrons. The number of halogens is 3. The van der Waals surface area contributed by atoms with Gasteiger partial charge in [-0.05, 0) is 67.8 Å². The topological polar surface area (TPSA) is 135 Å². The fraction of sp³-hybridized carbons (Fsp3) is 0.440. The van der Waals surface area contributed by atoms with Gasteiger partial charge in [0.25, 0.3) is 5.91 Å². The van der Waals surface area contributed by atoms with Crippen LogP contribution in [-0.4, -0.2) is 81.0 Å². The second-order valence-corrected chi connectivity index (χ2v) is 11.4. The van der Waals surface area contributed by atoms with E-state index in [-0.39, 0.29) is 49.3 Å². The van der Waals surface area contributed by atoms with Gasteiger partial charge in [-0.2, -0.15) is 0 Å². The molecule has 2 aliphatic heterocycles. The van der Waals surface area contributed by atoms with Gasteiger partial charge in [0.2, 0.25) is 0 Å². The van der Waals surface area contributed by atoms with Crippen LogP contribution in [0.1, 0.15) is 19.3 Å². The summed E-state index contributed by atoms with van der Waals surface area (Å²) in [7, 11) is -4.15. The Morgan fingerprint density at radius 3 is 2.25 bits per heavy atom. The molecule has 11 nitrogen and oxygen atoms in total. The predicted octanol–water partition coefficient (Wildman–Crippen LogP) is 3.12. The molecule has 0 atom stereocenters. The number of carbonyl (C=O) groups excluding carboxylic acids is 2. The average molecular weight is 588 g/mol. The van der Waals surface area contributed by atoms with Gasteiger partial charge in [0.1, 0.15) is 11.5 Å². The molecule has 2 aromatic rings. The average Bonchev–Trinajstić information content (AvgIpc) is 3.30. The van der Waals surface area contributed by atoms with Crippen molar-refractivity contribution in [3.63, 3.8) is 0 Å². The van der Waals surface area contributed by atoms with Crippen molar-refractivity contribution in [2.75, 3.05) is 44.4 Å². The number of alkyl halides is 3. The van der Waals surface area contributed by atoms with Crippen LogP contribution in [0.4, 0.5) is 23.7 Å². The van der Waals surface area contributed by atoms with E-state index in [4.69, 9.17) is 14.7 Å². The fourth-order valence-electron chi connectivity index (χ4n) is 4.66. The molecular formula is C25H28F3N3O8S. The van der Waals surface area contributed by atoms with E-state index in [1.807, 2.05) is 0 Å². The first-order chi connectivity index (χ1) is 19.0. The smallest absolute Gasteiger partial charge is 0.494 e. The summed E-state index contributed by atoms with van der Waals surface area (Å²) in [6, 6.07) is 10.4. The zero-order chi connectivity index (χ0) is 29.0. The molecule has 3 amide bonds. The van der Waals surface area contributed by atoms with Crippen molar-refractivity contribution in [2.45, 2.75) is 35.3 Å². The number of hydroxylamine groups is 1. The van der Waals surface area contributed by atoms with Crippen molar-refractivity contribution in [1.82, 2.24) is 10.4 Å². The Morgan fingerprint density at radius 1 is 1.02 bits per heavy atom. The Balaban J connectivity index is 1.28. The van der Waals surface area contributed by atoms with E-state index in [9.17, 15) is 31.2 Å². The summed E-state index contributed by atoms with van der Waals surface area (Å²) in [5.74, 6) is -0.984. The highest BCUT2D eigenvalue weighted by Crippen LogP contribution is 2.36. The van der Waals surface area contributed by atoms with Gasteiger partial charge in [-0.1, -0.05) is 0 Å². The van der Waals surface area contributed by atoms with Gasteiger partial charge in [0.15, 0.2) is 14.6 Å². The maximum absolute atomic E-state index is 13.3. The number of carbonyl (C=O) groups is 2. The lowest BCUT2D eigenvalue weighted by atomic mass is 9.98. The van der Waals surface area contributed by atoms with Crippen LogP contribution in [0.5, 0.6) is 11.5 Å². The summed E-state index contributed by atoms with van der Waals surface area (Å²) in [4.78, 5) is 28.0. The number of hydrogen-bond donors (Lipinski definition) is 2. The highest BCUT2D eigenvalue weighted by molar-refractivity contribution is 7.93. The summed E-state index contributed by atoms with van der Waals surface area (Å²) in [5.41, 5.74) is 1.92. The van der Waals surface area contributed by atoms with Gasteiger partial charge < -0.3 is 19.1 Å². The van der Waals surface area contributed by atoms with Gasteiger partial charge in [-0.3, -0.25) is 14.9 Å². The highest BCUT2D eigenvalue weighted by atomic mass is 32.2. The summed E-state index contributed by atoms with van der Waals surface area (Å²) in [5, 5.41) is 9.15. The summed E-state index contributed by atoms with van der Waals surface area (Å²) >= 11 is 0. The van der Waals surface area contributed by atoms with E-state index in [1.165, 1.54) is 46.8 Å². The number of benzene rings is 2. The zero-order valence-electron chi connectivity index (χ0n) is 21.2. The fourth-order valence-corrected chi connectivity index (χ4v) is 6.60. The lowest BCUT2D eigenvalue weighted by molar-refractivity contribution is -0.274. The van der Waals surface area contributed by atoms with Crippen molar-refractivity contribution in [2.24, 2.45) is 0 Å². The molecule has 0 aromatic heterocycles. The van der Waals surface area contributed by atoms with Gasteiger partial charge in [-0.25, -0.2) is 18.7 Å². The van der Waals surface area contributed by atoms with Crippen LogP contribution in [0, 0.1) is 0 Å².